The molecule has 3 heterocycles. The van der Waals surface area contributed by atoms with Crippen LogP contribution in [0.2, 0.25) is 0 Å². The number of carbonyl (C=O) groups is 1. The molecule has 2 atom stereocenters. The largest absolute Gasteiger partial charge is 0.467 e. The first-order valence-electron chi connectivity index (χ1n) is 8.61. The summed E-state index contributed by atoms with van der Waals surface area (Å²) < 4.78 is 29.2. The fourth-order valence-electron chi connectivity index (χ4n) is 3.20. The minimum absolute atomic E-state index is 0.0314. The van der Waals surface area contributed by atoms with Gasteiger partial charge in [-0.25, -0.2) is 8.42 Å². The number of nitrogens with zero attached hydrogens (tertiary/aromatic N) is 2. The lowest BCUT2D eigenvalue weighted by Gasteiger charge is -2.31. The highest BCUT2D eigenvalue weighted by Gasteiger charge is 2.35. The van der Waals surface area contributed by atoms with E-state index >= 15 is 0 Å². The van der Waals surface area contributed by atoms with Crippen molar-refractivity contribution in [1.29, 1.82) is 0 Å². The molecule has 142 valence electrons. The van der Waals surface area contributed by atoms with E-state index in [9.17, 15) is 13.2 Å². The number of sulfone groups is 1. The lowest BCUT2D eigenvalue weighted by atomic mass is 10.2. The SMILES string of the molecule is C[C@H](c1cccs1)N(C)CC(=O)N(Cc1ccco1)[C@H]1CCS(=O)(=O)C1. The molecule has 26 heavy (non-hydrogen) atoms. The summed E-state index contributed by atoms with van der Waals surface area (Å²) in [5.41, 5.74) is 0. The normalized spacial score (nSPS) is 20.3. The fraction of sp³-hybridized carbons (Fsp3) is 0.500. The predicted molar refractivity (Wildman–Crippen MR) is 102 cm³/mol. The number of likely N-dealkylation sites (N-methyl/N-ethyl adjacent to an activating group) is 1. The van der Waals surface area contributed by atoms with Crippen molar-refractivity contribution in [3.63, 3.8) is 0 Å². The van der Waals surface area contributed by atoms with E-state index in [4.69, 9.17) is 4.42 Å². The van der Waals surface area contributed by atoms with Gasteiger partial charge in [-0.3, -0.25) is 9.69 Å². The minimum Gasteiger partial charge on any atom is -0.467 e. The maximum Gasteiger partial charge on any atom is 0.237 e. The van der Waals surface area contributed by atoms with Gasteiger partial charge in [0, 0.05) is 17.0 Å². The molecule has 2 aromatic heterocycles. The molecule has 1 fully saturated rings. The molecule has 0 spiro atoms. The average Bonchev–Trinajstić information content (AvgIpc) is 3.33. The summed E-state index contributed by atoms with van der Waals surface area (Å²) in [5.74, 6) is 0.760. The highest BCUT2D eigenvalue weighted by Crippen LogP contribution is 2.25. The topological polar surface area (TPSA) is 70.8 Å². The predicted octanol–water partition coefficient (Wildman–Crippen LogP) is 2.55. The monoisotopic (exact) mass is 396 g/mol. The summed E-state index contributed by atoms with van der Waals surface area (Å²) in [7, 11) is -1.15. The van der Waals surface area contributed by atoms with Gasteiger partial charge < -0.3 is 9.32 Å². The first-order valence-corrected chi connectivity index (χ1v) is 11.3. The second-order valence-electron chi connectivity index (χ2n) is 6.76. The van der Waals surface area contributed by atoms with E-state index in [0.29, 0.717) is 18.7 Å². The third-order valence-electron chi connectivity index (χ3n) is 4.88. The summed E-state index contributed by atoms with van der Waals surface area (Å²) in [6.07, 6.45) is 2.05. The zero-order valence-electron chi connectivity index (χ0n) is 15.0. The Balaban J connectivity index is 1.72. The Morgan fingerprint density at radius 2 is 2.19 bits per heavy atom. The molecule has 0 aromatic carbocycles. The second kappa shape index (κ2) is 7.94. The maximum absolute atomic E-state index is 13.0. The molecule has 6 nitrogen and oxygen atoms in total. The summed E-state index contributed by atoms with van der Waals surface area (Å²) in [6.45, 7) is 2.60. The van der Waals surface area contributed by atoms with Gasteiger partial charge in [0.2, 0.25) is 5.91 Å². The zero-order chi connectivity index (χ0) is 18.7. The van der Waals surface area contributed by atoms with E-state index in [0.717, 1.165) is 0 Å². The highest BCUT2D eigenvalue weighted by atomic mass is 32.2. The van der Waals surface area contributed by atoms with Crippen molar-refractivity contribution in [2.24, 2.45) is 0 Å². The molecule has 0 aliphatic carbocycles. The van der Waals surface area contributed by atoms with Crippen molar-refractivity contribution >= 4 is 27.1 Å². The van der Waals surface area contributed by atoms with Gasteiger partial charge in [-0.1, -0.05) is 6.07 Å². The van der Waals surface area contributed by atoms with Crippen molar-refractivity contribution in [2.75, 3.05) is 25.1 Å². The Hall–Kier alpha value is -1.64. The maximum atomic E-state index is 13.0. The van der Waals surface area contributed by atoms with Gasteiger partial charge in [0.15, 0.2) is 9.84 Å². The van der Waals surface area contributed by atoms with Gasteiger partial charge in [0.1, 0.15) is 5.76 Å². The van der Waals surface area contributed by atoms with Crippen LogP contribution >= 0.6 is 11.3 Å². The summed E-state index contributed by atoms with van der Waals surface area (Å²) in [5, 5.41) is 2.02. The van der Waals surface area contributed by atoms with Gasteiger partial charge in [0.05, 0.1) is 30.9 Å². The van der Waals surface area contributed by atoms with E-state index in [1.165, 1.54) is 4.88 Å². The van der Waals surface area contributed by atoms with Crippen LogP contribution in [0.3, 0.4) is 0 Å². The Bertz CT molecular complexity index is 816. The van der Waals surface area contributed by atoms with Crippen LogP contribution in [-0.4, -0.2) is 55.3 Å². The molecule has 0 bridgehead atoms. The van der Waals surface area contributed by atoms with Crippen molar-refractivity contribution in [3.05, 3.63) is 46.5 Å². The van der Waals surface area contributed by atoms with Crippen molar-refractivity contribution in [3.8, 4) is 0 Å². The molecule has 0 N–H and O–H groups in total. The highest BCUT2D eigenvalue weighted by molar-refractivity contribution is 7.91. The molecule has 0 saturated carbocycles. The lowest BCUT2D eigenvalue weighted by molar-refractivity contribution is -0.135. The van der Waals surface area contributed by atoms with E-state index in [2.05, 4.69) is 13.0 Å². The zero-order valence-corrected chi connectivity index (χ0v) is 16.6. The number of hydrogen-bond donors (Lipinski definition) is 0. The van der Waals surface area contributed by atoms with Crippen LogP contribution in [0.25, 0.3) is 0 Å². The first kappa shape index (κ1) is 19.1. The summed E-state index contributed by atoms with van der Waals surface area (Å²) in [4.78, 5) is 17.9. The molecule has 1 amide bonds. The van der Waals surface area contributed by atoms with Gasteiger partial charge in [0.25, 0.3) is 0 Å². The van der Waals surface area contributed by atoms with E-state index in [-0.39, 0.29) is 36.0 Å². The number of carbonyl (C=O) groups excluding carboxylic acids is 1. The standard InChI is InChI=1S/C18H24N2O4S2/c1-14(17-6-4-9-25-17)19(2)12-18(21)20(11-16-5-3-8-24-16)15-7-10-26(22,23)13-15/h3-6,8-9,14-15H,7,10-13H2,1-2H3/t14-,15+/m1/s1. The van der Waals surface area contributed by atoms with Crippen molar-refractivity contribution in [2.45, 2.75) is 32.0 Å². The van der Waals surface area contributed by atoms with Crippen LogP contribution in [0, 0.1) is 0 Å². The minimum atomic E-state index is -3.07. The first-order chi connectivity index (χ1) is 12.4. The molecule has 1 aliphatic heterocycles. The molecule has 1 aliphatic rings. The number of furan rings is 1. The van der Waals surface area contributed by atoms with Gasteiger partial charge in [-0.05, 0) is 44.0 Å². The molecular weight excluding hydrogens is 372 g/mol. The third-order valence-corrected chi connectivity index (χ3v) is 7.67. The fourth-order valence-corrected chi connectivity index (χ4v) is 5.78. The Labute approximate surface area is 158 Å². The van der Waals surface area contributed by atoms with Crippen LogP contribution in [-0.2, 0) is 21.2 Å². The van der Waals surface area contributed by atoms with E-state index < -0.39 is 9.84 Å². The van der Waals surface area contributed by atoms with Crippen LogP contribution in [0.5, 0.6) is 0 Å². The average molecular weight is 397 g/mol. The number of amides is 1. The molecular formula is C18H24N2O4S2. The number of rotatable bonds is 7. The molecule has 0 radical (unpaired) electrons. The summed E-state index contributed by atoms with van der Waals surface area (Å²) >= 11 is 1.66. The van der Waals surface area contributed by atoms with Gasteiger partial charge in [-0.2, -0.15) is 0 Å². The Kier molecular flexibility index (Phi) is 5.84. The smallest absolute Gasteiger partial charge is 0.237 e. The Morgan fingerprint density at radius 3 is 2.77 bits per heavy atom. The van der Waals surface area contributed by atoms with Crippen molar-refractivity contribution < 1.29 is 17.6 Å². The second-order valence-corrected chi connectivity index (χ2v) is 9.97. The van der Waals surface area contributed by atoms with Crippen LogP contribution in [0.15, 0.2) is 40.3 Å². The van der Waals surface area contributed by atoms with Crippen molar-refractivity contribution in [1.82, 2.24) is 9.80 Å². The van der Waals surface area contributed by atoms with E-state index in [1.807, 2.05) is 29.5 Å². The lowest BCUT2D eigenvalue weighted by Crippen LogP contribution is -2.45. The molecule has 3 rings (SSSR count). The molecule has 2 aromatic rings. The number of thiophene rings is 1. The van der Waals surface area contributed by atoms with Crippen LogP contribution in [0.1, 0.15) is 30.0 Å². The van der Waals surface area contributed by atoms with Crippen LogP contribution < -0.4 is 0 Å². The Morgan fingerprint density at radius 1 is 1.38 bits per heavy atom. The number of hydrogen-bond acceptors (Lipinski definition) is 6. The molecule has 0 unspecified atom stereocenters. The van der Waals surface area contributed by atoms with Gasteiger partial charge in [-0.15, -0.1) is 11.3 Å². The quantitative estimate of drug-likeness (QED) is 0.719. The van der Waals surface area contributed by atoms with Gasteiger partial charge >= 0.3 is 0 Å². The third kappa shape index (κ3) is 4.55. The summed E-state index contributed by atoms with van der Waals surface area (Å²) in [6, 6.07) is 7.47. The van der Waals surface area contributed by atoms with E-state index in [1.54, 1.807) is 28.6 Å². The van der Waals surface area contributed by atoms with Crippen LogP contribution in [0.4, 0.5) is 0 Å². The molecule has 8 heteroatoms. The molecule has 1 saturated heterocycles.